The van der Waals surface area contributed by atoms with E-state index in [-0.39, 0.29) is 0 Å². The number of hydrogen-bond acceptors (Lipinski definition) is 6. The maximum absolute atomic E-state index is 5.35. The molecular weight excluding hydrogens is 318 g/mol. The summed E-state index contributed by atoms with van der Waals surface area (Å²) in [5.74, 6) is 3.81. The number of benzene rings is 1. The molecule has 0 N–H and O–H groups in total. The van der Waals surface area contributed by atoms with E-state index in [9.17, 15) is 0 Å². The molecule has 1 saturated carbocycles. The Morgan fingerprint density at radius 3 is 2.76 bits per heavy atom. The molecule has 25 heavy (non-hydrogen) atoms. The molecule has 130 valence electrons. The highest BCUT2D eigenvalue weighted by atomic mass is 16.5. The first-order valence-electron chi connectivity index (χ1n) is 8.40. The van der Waals surface area contributed by atoms with Crippen LogP contribution >= 0.6 is 0 Å². The predicted octanol–water partition coefficient (Wildman–Crippen LogP) is 2.77. The van der Waals surface area contributed by atoms with Crippen LogP contribution in [-0.2, 0) is 13.1 Å². The standard InChI is InChI=1S/C18H21N5O2/c1-22(12-17-20-18(21-25-17)13-3-4-13)11-16-19-9-10-23(16)14-5-7-15(24-2)8-6-14/h5-10,13H,3-4,11-12H2,1-2H3. The zero-order valence-corrected chi connectivity index (χ0v) is 14.4. The lowest BCUT2D eigenvalue weighted by Crippen LogP contribution is -2.20. The third-order valence-electron chi connectivity index (χ3n) is 4.31. The molecule has 4 rings (SSSR count). The fraction of sp³-hybridized carbons (Fsp3) is 0.389. The Bertz CT molecular complexity index is 835. The quantitative estimate of drug-likeness (QED) is 0.659. The lowest BCUT2D eigenvalue weighted by molar-refractivity contribution is 0.254. The molecule has 0 amide bonds. The maximum atomic E-state index is 5.35. The molecule has 0 aliphatic heterocycles. The molecule has 0 saturated heterocycles. The van der Waals surface area contributed by atoms with E-state index >= 15 is 0 Å². The minimum atomic E-state index is 0.511. The number of hydrogen-bond donors (Lipinski definition) is 0. The highest BCUT2D eigenvalue weighted by Crippen LogP contribution is 2.38. The van der Waals surface area contributed by atoms with E-state index in [1.165, 1.54) is 12.8 Å². The molecule has 1 fully saturated rings. The zero-order valence-electron chi connectivity index (χ0n) is 14.4. The highest BCUT2D eigenvalue weighted by molar-refractivity contribution is 5.38. The second-order valence-corrected chi connectivity index (χ2v) is 6.40. The van der Waals surface area contributed by atoms with Crippen LogP contribution in [0.15, 0.2) is 41.2 Å². The smallest absolute Gasteiger partial charge is 0.240 e. The summed E-state index contributed by atoms with van der Waals surface area (Å²) in [5, 5.41) is 4.06. The number of aromatic nitrogens is 4. The van der Waals surface area contributed by atoms with Crippen LogP contribution in [0.25, 0.3) is 5.69 Å². The Hall–Kier alpha value is -2.67. The van der Waals surface area contributed by atoms with Crippen molar-refractivity contribution in [2.45, 2.75) is 31.8 Å². The Labute approximate surface area is 146 Å². The van der Waals surface area contributed by atoms with Crippen LogP contribution in [0.1, 0.15) is 36.3 Å². The molecule has 0 radical (unpaired) electrons. The molecule has 0 spiro atoms. The number of nitrogens with zero attached hydrogens (tertiary/aromatic N) is 5. The van der Waals surface area contributed by atoms with Crippen molar-refractivity contribution in [1.82, 2.24) is 24.6 Å². The summed E-state index contributed by atoms with van der Waals surface area (Å²) in [6.07, 6.45) is 6.12. The van der Waals surface area contributed by atoms with Crippen molar-refractivity contribution in [1.29, 1.82) is 0 Å². The van der Waals surface area contributed by atoms with Crippen LogP contribution in [0, 0.1) is 0 Å². The van der Waals surface area contributed by atoms with E-state index < -0.39 is 0 Å². The van der Waals surface area contributed by atoms with Crippen LogP contribution in [0.5, 0.6) is 5.75 Å². The molecule has 1 aromatic carbocycles. The normalized spacial score (nSPS) is 14.2. The molecular formula is C18H21N5O2. The first-order valence-corrected chi connectivity index (χ1v) is 8.40. The van der Waals surface area contributed by atoms with Crippen molar-refractivity contribution in [3.05, 3.63) is 54.2 Å². The fourth-order valence-corrected chi connectivity index (χ4v) is 2.80. The molecule has 2 heterocycles. The molecule has 0 atom stereocenters. The molecule has 2 aromatic heterocycles. The van der Waals surface area contributed by atoms with Crippen molar-refractivity contribution >= 4 is 0 Å². The van der Waals surface area contributed by atoms with Crippen LogP contribution < -0.4 is 4.74 Å². The molecule has 1 aliphatic carbocycles. The zero-order chi connectivity index (χ0) is 17.2. The Kier molecular flexibility index (Phi) is 4.23. The van der Waals surface area contributed by atoms with Gasteiger partial charge in [-0.15, -0.1) is 0 Å². The van der Waals surface area contributed by atoms with Crippen molar-refractivity contribution in [3.63, 3.8) is 0 Å². The predicted molar refractivity (Wildman–Crippen MR) is 91.6 cm³/mol. The van der Waals surface area contributed by atoms with Gasteiger partial charge in [0.1, 0.15) is 11.6 Å². The van der Waals surface area contributed by atoms with Gasteiger partial charge in [0.05, 0.1) is 20.2 Å². The average Bonchev–Trinajstić information content (AvgIpc) is 3.21. The van der Waals surface area contributed by atoms with Crippen LogP contribution in [0.2, 0.25) is 0 Å². The van der Waals surface area contributed by atoms with E-state index in [1.54, 1.807) is 7.11 Å². The number of rotatable bonds is 7. The summed E-state index contributed by atoms with van der Waals surface area (Å²) in [5.41, 5.74) is 1.05. The fourth-order valence-electron chi connectivity index (χ4n) is 2.80. The van der Waals surface area contributed by atoms with Crippen molar-refractivity contribution in [3.8, 4) is 11.4 Å². The third kappa shape index (κ3) is 3.56. The minimum Gasteiger partial charge on any atom is -0.497 e. The van der Waals surface area contributed by atoms with Crippen molar-refractivity contribution < 1.29 is 9.26 Å². The number of imidazole rings is 1. The van der Waals surface area contributed by atoms with E-state index in [2.05, 4.69) is 24.6 Å². The lowest BCUT2D eigenvalue weighted by atomic mass is 10.3. The average molecular weight is 339 g/mol. The summed E-state index contributed by atoms with van der Waals surface area (Å²) < 4.78 is 12.6. The van der Waals surface area contributed by atoms with Gasteiger partial charge < -0.3 is 13.8 Å². The van der Waals surface area contributed by atoms with E-state index in [1.807, 2.05) is 43.7 Å². The van der Waals surface area contributed by atoms with Gasteiger partial charge in [-0.25, -0.2) is 4.98 Å². The van der Waals surface area contributed by atoms with Gasteiger partial charge in [0.2, 0.25) is 5.89 Å². The second kappa shape index (κ2) is 6.68. The van der Waals surface area contributed by atoms with E-state index in [4.69, 9.17) is 9.26 Å². The molecule has 0 bridgehead atoms. The van der Waals surface area contributed by atoms with Gasteiger partial charge in [0.15, 0.2) is 5.82 Å². The Morgan fingerprint density at radius 2 is 2.04 bits per heavy atom. The Morgan fingerprint density at radius 1 is 1.24 bits per heavy atom. The molecule has 1 aliphatic rings. The van der Waals surface area contributed by atoms with Crippen molar-refractivity contribution in [2.24, 2.45) is 0 Å². The van der Waals surface area contributed by atoms with Gasteiger partial charge in [0, 0.05) is 24.0 Å². The monoisotopic (exact) mass is 339 g/mol. The van der Waals surface area contributed by atoms with Crippen LogP contribution in [0.3, 0.4) is 0 Å². The van der Waals surface area contributed by atoms with Crippen molar-refractivity contribution in [2.75, 3.05) is 14.2 Å². The van der Waals surface area contributed by atoms with E-state index in [0.717, 1.165) is 23.1 Å². The lowest BCUT2D eigenvalue weighted by Gasteiger charge is -2.15. The first kappa shape index (κ1) is 15.8. The summed E-state index contributed by atoms with van der Waals surface area (Å²) in [6, 6.07) is 7.93. The topological polar surface area (TPSA) is 69.2 Å². The molecule has 7 heteroatoms. The van der Waals surface area contributed by atoms with E-state index in [0.29, 0.717) is 24.9 Å². The van der Waals surface area contributed by atoms with Gasteiger partial charge in [-0.2, -0.15) is 4.98 Å². The number of ether oxygens (including phenoxy) is 1. The summed E-state index contributed by atoms with van der Waals surface area (Å²) in [4.78, 5) is 11.1. The minimum absolute atomic E-state index is 0.511. The van der Waals surface area contributed by atoms with Crippen LogP contribution in [-0.4, -0.2) is 38.7 Å². The molecule has 7 nitrogen and oxygen atoms in total. The molecule has 0 unspecified atom stereocenters. The third-order valence-corrected chi connectivity index (χ3v) is 4.31. The van der Waals surface area contributed by atoms with Crippen LogP contribution in [0.4, 0.5) is 0 Å². The first-order chi connectivity index (χ1) is 12.2. The summed E-state index contributed by atoms with van der Waals surface area (Å²) in [6.45, 7) is 1.29. The summed E-state index contributed by atoms with van der Waals surface area (Å²) in [7, 11) is 3.69. The molecule has 3 aromatic rings. The maximum Gasteiger partial charge on any atom is 0.240 e. The van der Waals surface area contributed by atoms with Gasteiger partial charge in [-0.05, 0) is 44.2 Å². The van der Waals surface area contributed by atoms with Gasteiger partial charge in [-0.1, -0.05) is 5.16 Å². The highest BCUT2D eigenvalue weighted by Gasteiger charge is 2.28. The Balaban J connectivity index is 1.43. The second-order valence-electron chi connectivity index (χ2n) is 6.40. The largest absolute Gasteiger partial charge is 0.497 e. The van der Waals surface area contributed by atoms with Gasteiger partial charge in [-0.3, -0.25) is 4.90 Å². The summed E-state index contributed by atoms with van der Waals surface area (Å²) >= 11 is 0. The van der Waals surface area contributed by atoms with Gasteiger partial charge in [0.25, 0.3) is 0 Å². The SMILES string of the molecule is COc1ccc(-n2ccnc2CN(C)Cc2nc(C3CC3)no2)cc1. The van der Waals surface area contributed by atoms with Gasteiger partial charge >= 0.3 is 0 Å². The number of methoxy groups -OCH3 is 1.